The van der Waals surface area contributed by atoms with E-state index in [1.807, 2.05) is 0 Å². The van der Waals surface area contributed by atoms with Gasteiger partial charge in [-0.25, -0.2) is 18.7 Å². The highest BCUT2D eigenvalue weighted by atomic mass is 35.5. The second-order valence-electron chi connectivity index (χ2n) is 6.68. The molecule has 0 bridgehead atoms. The van der Waals surface area contributed by atoms with Gasteiger partial charge in [0.25, 0.3) is 0 Å². The second kappa shape index (κ2) is 10.1. The zero-order chi connectivity index (χ0) is 26.4. The molecule has 35 heavy (non-hydrogen) atoms. The summed E-state index contributed by atoms with van der Waals surface area (Å²) in [5.74, 6) is -0.147. The van der Waals surface area contributed by atoms with Gasteiger partial charge in [-0.15, -0.1) is 0 Å². The first-order valence-electron chi connectivity index (χ1n) is 9.08. The number of phosphoric acid groups is 3. The van der Waals surface area contributed by atoms with Crippen LogP contribution in [0.25, 0.3) is 11.2 Å². The number of nitrogens with zero attached hydrogens (tertiary/aromatic N) is 4. The van der Waals surface area contributed by atoms with Crippen molar-refractivity contribution < 1.29 is 61.0 Å². The summed E-state index contributed by atoms with van der Waals surface area (Å²) < 4.78 is 55.7. The number of phosphoric ester groups is 1. The highest BCUT2D eigenvalue weighted by molar-refractivity contribution is 7.66. The number of alkyl halides is 2. The number of hydrogen-bond donors (Lipinski definition) is 6. The summed E-state index contributed by atoms with van der Waals surface area (Å²) in [6.45, 7) is 0.924. The number of nitrogens with two attached hydrogens (primary N) is 1. The Labute approximate surface area is 205 Å². The van der Waals surface area contributed by atoms with Crippen molar-refractivity contribution in [3.63, 3.8) is 0 Å². The number of ether oxygens (including phenoxy) is 2. The molecule has 0 spiro atoms. The average Bonchev–Trinajstić information content (AvgIpc) is 3.17. The predicted molar refractivity (Wildman–Crippen MR) is 115 cm³/mol. The van der Waals surface area contributed by atoms with Gasteiger partial charge in [0.05, 0.1) is 19.5 Å². The molecule has 0 amide bonds. The van der Waals surface area contributed by atoms with E-state index >= 15 is 0 Å². The molecule has 1 saturated heterocycles. The maximum atomic E-state index is 11.9. The molecule has 3 heterocycles. The largest absolute Gasteiger partial charge is 0.490 e. The molecule has 2 unspecified atom stereocenters. The van der Waals surface area contributed by atoms with Gasteiger partial charge in [-0.05, 0) is 6.92 Å². The van der Waals surface area contributed by atoms with Crippen LogP contribution in [0.2, 0.25) is 0 Å². The minimum Gasteiger partial charge on any atom is -0.476 e. The quantitative estimate of drug-likeness (QED) is 0.160. The van der Waals surface area contributed by atoms with Crippen LogP contribution in [0.15, 0.2) is 6.33 Å². The summed E-state index contributed by atoms with van der Waals surface area (Å²) in [4.78, 5) is 48.0. The lowest BCUT2D eigenvalue weighted by Gasteiger charge is -2.24. The fourth-order valence-corrected chi connectivity index (χ4v) is 6.52. The van der Waals surface area contributed by atoms with Crippen LogP contribution in [0.5, 0.6) is 5.88 Å². The smallest absolute Gasteiger partial charge is 0.476 e. The van der Waals surface area contributed by atoms with Crippen LogP contribution in [0.4, 0.5) is 5.95 Å². The monoisotopic (exact) mass is 603 g/mol. The topological polar surface area (TPSA) is 268 Å². The first-order chi connectivity index (χ1) is 16.0. The second-order valence-corrected chi connectivity index (χ2v) is 12.5. The van der Waals surface area contributed by atoms with Crippen LogP contribution in [-0.2, 0) is 31.6 Å². The van der Waals surface area contributed by atoms with E-state index in [0.717, 1.165) is 0 Å². The number of rotatable bonds is 10. The zero-order valence-corrected chi connectivity index (χ0v) is 21.4. The first-order valence-corrected chi connectivity index (χ1v) is 14.4. The third-order valence-electron chi connectivity index (χ3n) is 4.14. The maximum absolute atomic E-state index is 11.9. The molecule has 198 valence electrons. The Morgan fingerprint density at radius 3 is 2.43 bits per heavy atom. The Morgan fingerprint density at radius 1 is 1.17 bits per heavy atom. The molecule has 1 aliphatic heterocycles. The molecule has 1 fully saturated rings. The van der Waals surface area contributed by atoms with E-state index in [9.17, 15) is 28.6 Å². The number of anilines is 1. The van der Waals surface area contributed by atoms with E-state index in [4.69, 9.17) is 48.2 Å². The zero-order valence-electron chi connectivity index (χ0n) is 17.2. The Hall–Kier alpha value is -0.940. The Morgan fingerprint density at radius 2 is 1.83 bits per heavy atom. The van der Waals surface area contributed by atoms with E-state index < -0.39 is 52.8 Å². The summed E-state index contributed by atoms with van der Waals surface area (Å²) >= 11 is 12.5. The number of hydrogen-bond acceptors (Lipinski definition) is 13. The number of aromatic nitrogens is 4. The number of fused-ring (bicyclic) bond motifs is 1. The molecule has 1 aliphatic rings. The molecule has 5 atom stereocenters. The third kappa shape index (κ3) is 6.69. The highest BCUT2D eigenvalue weighted by Crippen LogP contribution is 2.66. The van der Waals surface area contributed by atoms with Crippen LogP contribution < -0.4 is 10.5 Å². The average molecular weight is 604 g/mol. The van der Waals surface area contributed by atoms with Crippen LogP contribution >= 0.6 is 46.7 Å². The predicted octanol–water partition coefficient (Wildman–Crippen LogP) is 0.583. The lowest BCUT2D eigenvalue weighted by atomic mass is 10.2. The lowest BCUT2D eigenvalue weighted by molar-refractivity contribution is -0.0425. The van der Waals surface area contributed by atoms with Gasteiger partial charge in [0.1, 0.15) is 12.2 Å². The summed E-state index contributed by atoms with van der Waals surface area (Å²) in [6, 6.07) is 0. The van der Waals surface area contributed by atoms with Gasteiger partial charge in [0.2, 0.25) is 11.8 Å². The van der Waals surface area contributed by atoms with Crippen molar-refractivity contribution in [2.45, 2.75) is 29.7 Å². The summed E-state index contributed by atoms with van der Waals surface area (Å²) in [7, 11) is -16.8. The van der Waals surface area contributed by atoms with Gasteiger partial charge in [-0.3, -0.25) is 9.09 Å². The van der Waals surface area contributed by atoms with Crippen molar-refractivity contribution in [2.24, 2.45) is 0 Å². The number of halogens is 2. The van der Waals surface area contributed by atoms with Crippen molar-refractivity contribution in [2.75, 3.05) is 18.9 Å². The number of nitrogen functional groups attached to an aromatic ring is 1. The van der Waals surface area contributed by atoms with Crippen LogP contribution in [0, 0.1) is 0 Å². The van der Waals surface area contributed by atoms with E-state index in [-0.39, 0.29) is 29.6 Å². The van der Waals surface area contributed by atoms with Gasteiger partial charge in [0, 0.05) is 0 Å². The first kappa shape index (κ1) is 28.6. The summed E-state index contributed by atoms with van der Waals surface area (Å²) in [6.07, 6.45) is -3.57. The molecular formula is C12H18Cl2N5O13P3. The Balaban J connectivity index is 1.80. The minimum absolute atomic E-state index is 0.0475. The third-order valence-corrected chi connectivity index (χ3v) is 8.76. The van der Waals surface area contributed by atoms with Crippen LogP contribution in [0.3, 0.4) is 0 Å². The van der Waals surface area contributed by atoms with E-state index in [2.05, 4.69) is 28.1 Å². The SMILES string of the molecule is CCOc1nc(N)nc2c1ncn2[C@@H]1O[C@H](COP(=O)(O)OP(=O)(O)OP(=O)(O)O)[C@@H](O)C1(Cl)Cl. The molecular weight excluding hydrogens is 586 g/mol. The van der Waals surface area contributed by atoms with Gasteiger partial charge >= 0.3 is 23.5 Å². The highest BCUT2D eigenvalue weighted by Gasteiger charge is 2.56. The lowest BCUT2D eigenvalue weighted by Crippen LogP contribution is -2.37. The summed E-state index contributed by atoms with van der Waals surface area (Å²) in [5.41, 5.74) is 5.90. The maximum Gasteiger partial charge on any atom is 0.490 e. The van der Waals surface area contributed by atoms with Crippen molar-refractivity contribution >= 4 is 63.8 Å². The molecule has 18 nitrogen and oxygen atoms in total. The molecule has 0 saturated carbocycles. The van der Waals surface area contributed by atoms with Crippen molar-refractivity contribution in [3.8, 4) is 5.88 Å². The molecule has 23 heteroatoms. The Kier molecular flexibility index (Phi) is 8.25. The molecule has 0 aliphatic carbocycles. The van der Waals surface area contributed by atoms with Crippen LogP contribution in [0.1, 0.15) is 13.2 Å². The van der Waals surface area contributed by atoms with E-state index in [1.54, 1.807) is 6.92 Å². The van der Waals surface area contributed by atoms with Gasteiger partial charge in [0.15, 0.2) is 21.7 Å². The van der Waals surface area contributed by atoms with Crippen LogP contribution in [-0.4, -0.2) is 74.0 Å². The summed E-state index contributed by atoms with van der Waals surface area (Å²) in [5, 5.41) is 10.5. The Bertz CT molecular complexity index is 1240. The molecule has 0 aromatic carbocycles. The van der Waals surface area contributed by atoms with Crippen molar-refractivity contribution in [1.29, 1.82) is 0 Å². The molecule has 2 aromatic heterocycles. The fourth-order valence-electron chi connectivity index (χ4n) is 2.89. The van der Waals surface area contributed by atoms with Crippen molar-refractivity contribution in [1.82, 2.24) is 19.5 Å². The standard InChI is InChI=1S/C12H18Cl2N5O13P3/c1-2-28-9-6-8(17-11(15)18-9)19(4-16-6)10-12(13,14)7(20)5(30-10)3-29-34(24,25)32-35(26,27)31-33(21,22)23/h4-5,7,10,20H,2-3H2,1H3,(H,24,25)(H,26,27)(H2,15,17,18)(H2,21,22,23)/t5-,7-,10-/m1/s1. The number of aliphatic hydroxyl groups excluding tert-OH is 1. The van der Waals surface area contributed by atoms with Crippen molar-refractivity contribution in [3.05, 3.63) is 6.33 Å². The normalized spacial score (nSPS) is 25.9. The number of imidazole rings is 1. The molecule has 0 radical (unpaired) electrons. The number of aliphatic hydroxyl groups is 1. The van der Waals surface area contributed by atoms with Gasteiger partial charge < -0.3 is 39.9 Å². The van der Waals surface area contributed by atoms with E-state index in [0.29, 0.717) is 0 Å². The molecule has 2 aromatic rings. The minimum atomic E-state index is -5.74. The fraction of sp³-hybridized carbons (Fsp3) is 0.583. The van der Waals surface area contributed by atoms with Gasteiger partial charge in [-0.2, -0.15) is 18.6 Å². The van der Waals surface area contributed by atoms with E-state index in [1.165, 1.54) is 10.9 Å². The molecule has 3 rings (SSSR count). The molecule has 7 N–H and O–H groups in total. The van der Waals surface area contributed by atoms with Gasteiger partial charge in [-0.1, -0.05) is 23.2 Å².